The first kappa shape index (κ1) is 24.7. The number of carbonyl (C=O) groups is 2. The van der Waals surface area contributed by atoms with E-state index < -0.39 is 0 Å². The Hall–Kier alpha value is -1.32. The predicted molar refractivity (Wildman–Crippen MR) is 107 cm³/mol. The van der Waals surface area contributed by atoms with Crippen molar-refractivity contribution < 1.29 is 19.1 Å². The van der Waals surface area contributed by atoms with Gasteiger partial charge in [0.05, 0.1) is 13.2 Å². The van der Waals surface area contributed by atoms with Gasteiger partial charge in [-0.05, 0) is 38.5 Å². The van der Waals surface area contributed by atoms with E-state index in [1.807, 2.05) is 13.8 Å². The molecule has 0 saturated heterocycles. The Bertz CT molecular complexity index is 412. The maximum Gasteiger partial charge on any atom is 0.334 e. The average Bonchev–Trinajstić information content (AvgIpc) is 2.65. The summed E-state index contributed by atoms with van der Waals surface area (Å²) < 4.78 is 10.7. The van der Waals surface area contributed by atoms with Gasteiger partial charge in [0.15, 0.2) is 0 Å². The van der Waals surface area contributed by atoms with Crippen molar-refractivity contribution in [2.45, 2.75) is 105 Å². The zero-order chi connectivity index (χ0) is 19.6. The summed E-state index contributed by atoms with van der Waals surface area (Å²) in [5.74, 6) is -0.665. The lowest BCUT2D eigenvalue weighted by Gasteiger charge is -2.15. The predicted octanol–water partition coefficient (Wildman–Crippen LogP) is 6.13. The van der Waals surface area contributed by atoms with Gasteiger partial charge in [-0.15, -0.1) is 0 Å². The zero-order valence-electron chi connectivity index (χ0n) is 17.5. The van der Waals surface area contributed by atoms with Crippen molar-refractivity contribution in [1.29, 1.82) is 0 Å². The minimum atomic E-state index is -0.333. The number of ether oxygens (including phenoxy) is 2. The minimum Gasteiger partial charge on any atom is -0.462 e. The van der Waals surface area contributed by atoms with Crippen molar-refractivity contribution in [2.24, 2.45) is 0 Å². The largest absolute Gasteiger partial charge is 0.462 e. The van der Waals surface area contributed by atoms with E-state index in [-0.39, 0.29) is 11.9 Å². The smallest absolute Gasteiger partial charge is 0.334 e. The first-order valence-electron chi connectivity index (χ1n) is 10.7. The standard InChI is InChI=1S/C22H40O4/c1-5-9-11-12-14-16-20(22(24)26-18-8-4)19(15-13-10-6-2)21(23)25-17-7-3/h5-18H2,1-4H3. The van der Waals surface area contributed by atoms with E-state index in [9.17, 15) is 9.59 Å². The molecule has 0 N–H and O–H groups in total. The van der Waals surface area contributed by atoms with E-state index in [1.165, 1.54) is 19.3 Å². The van der Waals surface area contributed by atoms with Gasteiger partial charge in [-0.2, -0.15) is 0 Å². The molecule has 0 aromatic carbocycles. The molecule has 0 bridgehead atoms. The van der Waals surface area contributed by atoms with Crippen LogP contribution in [-0.4, -0.2) is 25.2 Å². The zero-order valence-corrected chi connectivity index (χ0v) is 17.5. The fraction of sp³-hybridized carbons (Fsp3) is 0.818. The maximum atomic E-state index is 12.6. The second-order valence-electron chi connectivity index (χ2n) is 6.85. The molecule has 152 valence electrons. The van der Waals surface area contributed by atoms with Crippen LogP contribution in [0.3, 0.4) is 0 Å². The molecule has 0 amide bonds. The van der Waals surface area contributed by atoms with Gasteiger partial charge in [0.2, 0.25) is 0 Å². The van der Waals surface area contributed by atoms with Crippen molar-refractivity contribution in [3.8, 4) is 0 Å². The lowest BCUT2D eigenvalue weighted by molar-refractivity contribution is -0.142. The molecule has 0 saturated carbocycles. The molecule has 4 heteroatoms. The highest BCUT2D eigenvalue weighted by molar-refractivity contribution is 6.00. The van der Waals surface area contributed by atoms with E-state index in [0.29, 0.717) is 37.2 Å². The molecule has 0 aromatic rings. The molecule has 0 rings (SSSR count). The Morgan fingerprint density at radius 3 is 1.35 bits per heavy atom. The fourth-order valence-electron chi connectivity index (χ4n) is 2.77. The third-order valence-electron chi connectivity index (χ3n) is 4.29. The van der Waals surface area contributed by atoms with Gasteiger partial charge in [-0.25, -0.2) is 9.59 Å². The highest BCUT2D eigenvalue weighted by atomic mass is 16.5. The summed E-state index contributed by atoms with van der Waals surface area (Å²) in [4.78, 5) is 25.1. The highest BCUT2D eigenvalue weighted by Crippen LogP contribution is 2.22. The average molecular weight is 369 g/mol. The van der Waals surface area contributed by atoms with Gasteiger partial charge in [-0.1, -0.05) is 66.2 Å². The van der Waals surface area contributed by atoms with Gasteiger partial charge < -0.3 is 9.47 Å². The third-order valence-corrected chi connectivity index (χ3v) is 4.29. The van der Waals surface area contributed by atoms with E-state index >= 15 is 0 Å². The molecule has 0 aromatic heterocycles. The third kappa shape index (κ3) is 11.3. The number of hydrogen-bond donors (Lipinski definition) is 0. The van der Waals surface area contributed by atoms with Crippen LogP contribution < -0.4 is 0 Å². The Balaban J connectivity index is 5.27. The second kappa shape index (κ2) is 17.1. The summed E-state index contributed by atoms with van der Waals surface area (Å²) in [6.45, 7) is 9.04. The first-order chi connectivity index (χ1) is 12.6. The van der Waals surface area contributed by atoms with E-state index in [2.05, 4.69) is 13.8 Å². The Morgan fingerprint density at radius 2 is 0.923 bits per heavy atom. The summed E-state index contributed by atoms with van der Waals surface area (Å²) in [6.07, 6.45) is 11.3. The highest BCUT2D eigenvalue weighted by Gasteiger charge is 2.22. The van der Waals surface area contributed by atoms with Gasteiger partial charge in [-0.3, -0.25) is 0 Å². The second-order valence-corrected chi connectivity index (χ2v) is 6.85. The van der Waals surface area contributed by atoms with Crippen molar-refractivity contribution in [3.63, 3.8) is 0 Å². The number of esters is 2. The van der Waals surface area contributed by atoms with Gasteiger partial charge >= 0.3 is 11.9 Å². The molecule has 0 aliphatic carbocycles. The molecule has 0 radical (unpaired) electrons. The molecule has 26 heavy (non-hydrogen) atoms. The molecule has 0 atom stereocenters. The Labute approximate surface area is 160 Å². The van der Waals surface area contributed by atoms with Crippen LogP contribution in [0.1, 0.15) is 105 Å². The Kier molecular flexibility index (Phi) is 16.2. The van der Waals surface area contributed by atoms with Gasteiger partial charge in [0.1, 0.15) is 0 Å². The van der Waals surface area contributed by atoms with Crippen LogP contribution in [0.4, 0.5) is 0 Å². The normalized spacial score (nSPS) is 11.8. The summed E-state index contributed by atoms with van der Waals surface area (Å²) >= 11 is 0. The molecular weight excluding hydrogens is 328 g/mol. The van der Waals surface area contributed by atoms with E-state index in [1.54, 1.807) is 0 Å². The summed E-state index contributed by atoms with van der Waals surface area (Å²) in [6, 6.07) is 0. The number of carbonyl (C=O) groups excluding carboxylic acids is 2. The summed E-state index contributed by atoms with van der Waals surface area (Å²) in [7, 11) is 0. The van der Waals surface area contributed by atoms with Crippen LogP contribution in [0.15, 0.2) is 11.1 Å². The van der Waals surface area contributed by atoms with Crippen molar-refractivity contribution >= 4 is 11.9 Å². The molecular formula is C22H40O4. The van der Waals surface area contributed by atoms with Crippen LogP contribution in [0.25, 0.3) is 0 Å². The number of hydrogen-bond acceptors (Lipinski definition) is 4. The first-order valence-corrected chi connectivity index (χ1v) is 10.7. The Morgan fingerprint density at radius 1 is 0.538 bits per heavy atom. The van der Waals surface area contributed by atoms with Gasteiger partial charge in [0, 0.05) is 11.1 Å². The fourth-order valence-corrected chi connectivity index (χ4v) is 2.77. The lowest BCUT2D eigenvalue weighted by Crippen LogP contribution is -2.18. The number of unbranched alkanes of at least 4 members (excludes halogenated alkanes) is 6. The van der Waals surface area contributed by atoms with Gasteiger partial charge in [0.25, 0.3) is 0 Å². The molecule has 0 aliphatic heterocycles. The summed E-state index contributed by atoms with van der Waals surface area (Å²) in [5.41, 5.74) is 1.09. The molecule has 4 nitrogen and oxygen atoms in total. The lowest BCUT2D eigenvalue weighted by atomic mass is 9.96. The molecule has 0 spiro atoms. The van der Waals surface area contributed by atoms with Crippen LogP contribution in [0, 0.1) is 0 Å². The van der Waals surface area contributed by atoms with Crippen LogP contribution >= 0.6 is 0 Å². The van der Waals surface area contributed by atoms with E-state index in [0.717, 1.165) is 44.9 Å². The van der Waals surface area contributed by atoms with Crippen molar-refractivity contribution in [1.82, 2.24) is 0 Å². The quantitative estimate of drug-likeness (QED) is 0.187. The van der Waals surface area contributed by atoms with Crippen molar-refractivity contribution in [3.05, 3.63) is 11.1 Å². The molecule has 0 fully saturated rings. The topological polar surface area (TPSA) is 52.6 Å². The number of rotatable bonds is 16. The van der Waals surface area contributed by atoms with Crippen LogP contribution in [0.2, 0.25) is 0 Å². The maximum absolute atomic E-state index is 12.6. The molecule has 0 heterocycles. The van der Waals surface area contributed by atoms with Crippen LogP contribution in [-0.2, 0) is 19.1 Å². The van der Waals surface area contributed by atoms with Crippen LogP contribution in [0.5, 0.6) is 0 Å². The molecule has 0 aliphatic rings. The SMILES string of the molecule is CCCCCCCC(C(=O)OCCC)=C(CCCCC)C(=O)OCCC. The summed E-state index contributed by atoms with van der Waals surface area (Å²) in [5, 5.41) is 0. The minimum absolute atomic E-state index is 0.331. The molecule has 0 unspecified atom stereocenters. The monoisotopic (exact) mass is 368 g/mol. The van der Waals surface area contributed by atoms with E-state index in [4.69, 9.17) is 9.47 Å². The van der Waals surface area contributed by atoms with Crippen molar-refractivity contribution in [2.75, 3.05) is 13.2 Å².